The lowest BCUT2D eigenvalue weighted by Crippen LogP contribution is -2.29. The van der Waals surface area contributed by atoms with E-state index in [1.54, 1.807) is 0 Å². The summed E-state index contributed by atoms with van der Waals surface area (Å²) in [5.41, 5.74) is 6.58. The number of hydrogen-bond donors (Lipinski definition) is 1. The zero-order chi connectivity index (χ0) is 13.1. The van der Waals surface area contributed by atoms with Gasteiger partial charge in [-0.1, -0.05) is 47.0 Å². The van der Waals surface area contributed by atoms with Gasteiger partial charge >= 0.3 is 0 Å². The van der Waals surface area contributed by atoms with Gasteiger partial charge in [-0.05, 0) is 25.7 Å². The molecule has 0 fully saturated rings. The normalized spacial score (nSPS) is 13.9. The van der Waals surface area contributed by atoms with Crippen LogP contribution in [-0.2, 0) is 0 Å². The maximum atomic E-state index is 6.58. The van der Waals surface area contributed by atoms with Crippen molar-refractivity contribution >= 4 is 7.26 Å². The Balaban J connectivity index is 4.65. The summed E-state index contributed by atoms with van der Waals surface area (Å²) in [5, 5.41) is 0. The molecule has 1 unspecified atom stereocenters. The van der Waals surface area contributed by atoms with E-state index in [-0.39, 0.29) is 0 Å². The Morgan fingerprint density at radius 1 is 0.765 bits per heavy atom. The van der Waals surface area contributed by atoms with Crippen molar-refractivity contribution < 1.29 is 0 Å². The van der Waals surface area contributed by atoms with Gasteiger partial charge in [-0.15, -0.1) is 0 Å². The Morgan fingerprint density at radius 2 is 1.29 bits per heavy atom. The fourth-order valence-electron chi connectivity index (χ4n) is 2.79. The van der Waals surface area contributed by atoms with Crippen LogP contribution in [0.2, 0.25) is 0 Å². The van der Waals surface area contributed by atoms with Crippen LogP contribution in [-0.4, -0.2) is 24.3 Å². The molecule has 1 nitrogen and oxygen atoms in total. The predicted molar refractivity (Wildman–Crippen MR) is 84.5 cm³/mol. The lowest BCUT2D eigenvalue weighted by atomic mass is 10.3. The predicted octanol–water partition coefficient (Wildman–Crippen LogP) is 5.10. The molecule has 0 spiro atoms. The first kappa shape index (κ1) is 17.4. The SMILES string of the molecule is CCCC[P+](CCC)(CCCC)C(N)CCC. The molecule has 0 aliphatic rings. The van der Waals surface area contributed by atoms with E-state index in [1.807, 2.05) is 0 Å². The third kappa shape index (κ3) is 6.20. The van der Waals surface area contributed by atoms with Gasteiger partial charge in [0, 0.05) is 7.26 Å². The lowest BCUT2D eigenvalue weighted by Gasteiger charge is -2.33. The van der Waals surface area contributed by atoms with Gasteiger partial charge in [-0.2, -0.15) is 0 Å². The third-order valence-corrected chi connectivity index (χ3v) is 9.29. The van der Waals surface area contributed by atoms with Gasteiger partial charge in [-0.3, -0.25) is 5.73 Å². The average Bonchev–Trinajstić information content (AvgIpc) is 2.33. The fraction of sp³-hybridized carbons (Fsp3) is 1.00. The van der Waals surface area contributed by atoms with Crippen molar-refractivity contribution in [2.75, 3.05) is 18.5 Å². The fourth-order valence-corrected chi connectivity index (χ4v) is 8.05. The zero-order valence-electron chi connectivity index (χ0n) is 12.7. The molecule has 0 aliphatic heterocycles. The van der Waals surface area contributed by atoms with E-state index in [1.165, 1.54) is 63.4 Å². The van der Waals surface area contributed by atoms with Gasteiger partial charge in [0.2, 0.25) is 0 Å². The van der Waals surface area contributed by atoms with E-state index in [0.717, 1.165) is 0 Å². The summed E-state index contributed by atoms with van der Waals surface area (Å²) >= 11 is 0. The minimum absolute atomic E-state index is 0.533. The monoisotopic (exact) mass is 260 g/mol. The smallest absolute Gasteiger partial charge is 0.117 e. The first-order valence-electron chi connectivity index (χ1n) is 7.78. The third-order valence-electron chi connectivity index (χ3n) is 3.87. The summed E-state index contributed by atoms with van der Waals surface area (Å²) < 4.78 is 0. The summed E-state index contributed by atoms with van der Waals surface area (Å²) in [6, 6.07) is 0. The number of unbranched alkanes of at least 4 members (excludes halogenated alkanes) is 2. The zero-order valence-corrected chi connectivity index (χ0v) is 13.6. The minimum atomic E-state index is -0.859. The van der Waals surface area contributed by atoms with E-state index in [4.69, 9.17) is 5.73 Å². The van der Waals surface area contributed by atoms with E-state index in [9.17, 15) is 0 Å². The van der Waals surface area contributed by atoms with Crippen LogP contribution in [0.1, 0.15) is 72.6 Å². The van der Waals surface area contributed by atoms with Crippen molar-refractivity contribution in [3.05, 3.63) is 0 Å². The molecule has 0 aromatic rings. The molecule has 2 N–H and O–H groups in total. The second kappa shape index (κ2) is 10.3. The van der Waals surface area contributed by atoms with Crippen LogP contribution in [0.5, 0.6) is 0 Å². The Bertz CT molecular complexity index is 162. The Hall–Kier alpha value is 0.390. The second-order valence-electron chi connectivity index (χ2n) is 5.45. The van der Waals surface area contributed by atoms with Gasteiger partial charge in [0.1, 0.15) is 5.78 Å². The summed E-state index contributed by atoms with van der Waals surface area (Å²) in [4.78, 5) is 0. The van der Waals surface area contributed by atoms with E-state index >= 15 is 0 Å². The van der Waals surface area contributed by atoms with Gasteiger partial charge < -0.3 is 0 Å². The average molecular weight is 260 g/mol. The molecule has 0 heterocycles. The van der Waals surface area contributed by atoms with Crippen LogP contribution in [0.25, 0.3) is 0 Å². The number of hydrogen-bond acceptors (Lipinski definition) is 1. The summed E-state index contributed by atoms with van der Waals surface area (Å²) in [5.74, 6) is 0.533. The first-order valence-corrected chi connectivity index (χ1v) is 10.2. The highest BCUT2D eigenvalue weighted by atomic mass is 31.2. The molecule has 0 aromatic carbocycles. The number of nitrogens with two attached hydrogens (primary N) is 1. The molecular formula is C15H35NP+. The molecule has 104 valence electrons. The molecule has 0 aliphatic carbocycles. The minimum Gasteiger partial charge on any atom is -0.297 e. The van der Waals surface area contributed by atoms with Gasteiger partial charge in [-0.25, -0.2) is 0 Å². The Labute approximate surface area is 110 Å². The van der Waals surface area contributed by atoms with Crippen molar-refractivity contribution in [3.8, 4) is 0 Å². The van der Waals surface area contributed by atoms with Crippen LogP contribution < -0.4 is 5.73 Å². The highest BCUT2D eigenvalue weighted by Gasteiger charge is 2.40. The Kier molecular flexibility index (Phi) is 10.6. The van der Waals surface area contributed by atoms with Gasteiger partial charge in [0.15, 0.2) is 0 Å². The second-order valence-corrected chi connectivity index (χ2v) is 9.89. The first-order chi connectivity index (χ1) is 8.16. The molecular weight excluding hydrogens is 225 g/mol. The number of rotatable bonds is 11. The summed E-state index contributed by atoms with van der Waals surface area (Å²) in [7, 11) is -0.859. The highest BCUT2D eigenvalue weighted by Crippen LogP contribution is 2.63. The maximum absolute atomic E-state index is 6.58. The molecule has 0 saturated heterocycles. The van der Waals surface area contributed by atoms with Gasteiger partial charge in [0.05, 0.1) is 18.5 Å². The van der Waals surface area contributed by atoms with Crippen molar-refractivity contribution in [1.29, 1.82) is 0 Å². The van der Waals surface area contributed by atoms with Gasteiger partial charge in [0.25, 0.3) is 0 Å². The van der Waals surface area contributed by atoms with Crippen molar-refractivity contribution in [2.45, 2.75) is 78.4 Å². The van der Waals surface area contributed by atoms with Crippen LogP contribution >= 0.6 is 7.26 Å². The van der Waals surface area contributed by atoms with E-state index < -0.39 is 7.26 Å². The van der Waals surface area contributed by atoms with Crippen LogP contribution in [0.3, 0.4) is 0 Å². The maximum Gasteiger partial charge on any atom is 0.117 e. The molecule has 17 heavy (non-hydrogen) atoms. The standard InChI is InChI=1S/C15H35NP/c1-5-9-13-17(12-8-4,14-10-6-2)15(16)11-7-3/h15H,5-14,16H2,1-4H3/q+1. The van der Waals surface area contributed by atoms with Crippen LogP contribution in [0.4, 0.5) is 0 Å². The molecule has 0 amide bonds. The molecule has 0 aromatic heterocycles. The van der Waals surface area contributed by atoms with Crippen LogP contribution in [0.15, 0.2) is 0 Å². The van der Waals surface area contributed by atoms with Crippen molar-refractivity contribution in [1.82, 2.24) is 0 Å². The van der Waals surface area contributed by atoms with Crippen LogP contribution in [0, 0.1) is 0 Å². The highest BCUT2D eigenvalue weighted by molar-refractivity contribution is 7.76. The largest absolute Gasteiger partial charge is 0.297 e. The van der Waals surface area contributed by atoms with E-state index in [2.05, 4.69) is 27.7 Å². The van der Waals surface area contributed by atoms with Crippen molar-refractivity contribution in [3.63, 3.8) is 0 Å². The van der Waals surface area contributed by atoms with E-state index in [0.29, 0.717) is 5.78 Å². The topological polar surface area (TPSA) is 26.0 Å². The molecule has 1 atom stereocenters. The molecule has 2 heteroatoms. The van der Waals surface area contributed by atoms with Crippen molar-refractivity contribution in [2.24, 2.45) is 5.73 Å². The Morgan fingerprint density at radius 3 is 1.65 bits per heavy atom. The molecule has 0 radical (unpaired) electrons. The molecule has 0 saturated carbocycles. The quantitative estimate of drug-likeness (QED) is 0.514. The lowest BCUT2D eigenvalue weighted by molar-refractivity contribution is 0.728. The summed E-state index contributed by atoms with van der Waals surface area (Å²) in [6.07, 6.45) is 13.6. The molecule has 0 rings (SSSR count). The summed E-state index contributed by atoms with van der Waals surface area (Å²) in [6.45, 7) is 9.24. The molecule has 0 bridgehead atoms.